The minimum atomic E-state index is -0.560. The van der Waals surface area contributed by atoms with Gasteiger partial charge in [-0.25, -0.2) is 4.79 Å². The summed E-state index contributed by atoms with van der Waals surface area (Å²) in [7, 11) is 2.70. The zero-order chi connectivity index (χ0) is 18.4. The van der Waals surface area contributed by atoms with Gasteiger partial charge in [0.25, 0.3) is 5.91 Å². The summed E-state index contributed by atoms with van der Waals surface area (Å²) in [5.74, 6) is -0.968. The van der Waals surface area contributed by atoms with E-state index in [0.29, 0.717) is 17.1 Å². The average molecular weight is 342 g/mol. The number of rotatable bonds is 5. The highest BCUT2D eigenvalue weighted by molar-refractivity contribution is 6.10. The van der Waals surface area contributed by atoms with Crippen molar-refractivity contribution in [3.05, 3.63) is 53.6 Å². The van der Waals surface area contributed by atoms with E-state index in [1.807, 2.05) is 0 Å². The number of carbonyl (C=O) groups is 3. The number of methoxy groups -OCH3 is 2. The molecule has 2 aromatic carbocycles. The van der Waals surface area contributed by atoms with Crippen LogP contribution in [-0.4, -0.2) is 32.0 Å². The number of carbonyl (C=O) groups excluding carboxylic acids is 3. The number of nitrogens with one attached hydrogen (secondary N) is 2. The fourth-order valence-electron chi connectivity index (χ4n) is 2.24. The Morgan fingerprint density at radius 2 is 1.64 bits per heavy atom. The molecular weight excluding hydrogens is 324 g/mol. The summed E-state index contributed by atoms with van der Waals surface area (Å²) in [5, 5.41) is 5.27. The molecule has 0 fully saturated rings. The largest absolute Gasteiger partial charge is 0.496 e. The quantitative estimate of drug-likeness (QED) is 0.815. The van der Waals surface area contributed by atoms with Crippen molar-refractivity contribution in [1.82, 2.24) is 0 Å². The van der Waals surface area contributed by atoms with Crippen LogP contribution in [-0.2, 0) is 9.53 Å². The lowest BCUT2D eigenvalue weighted by molar-refractivity contribution is -0.114. The number of anilines is 2. The van der Waals surface area contributed by atoms with E-state index in [0.717, 1.165) is 0 Å². The summed E-state index contributed by atoms with van der Waals surface area (Å²) in [6.07, 6.45) is 0. The van der Waals surface area contributed by atoms with Crippen molar-refractivity contribution in [2.24, 2.45) is 0 Å². The Balaban J connectivity index is 2.35. The number of para-hydroxylation sites is 1. The minimum absolute atomic E-state index is 0.216. The molecule has 7 heteroatoms. The second kappa shape index (κ2) is 7.96. The second-order valence-electron chi connectivity index (χ2n) is 5.09. The molecule has 2 N–H and O–H groups in total. The van der Waals surface area contributed by atoms with E-state index >= 15 is 0 Å². The number of hydrogen-bond acceptors (Lipinski definition) is 5. The Bertz CT molecular complexity index is 817. The first-order valence-corrected chi connectivity index (χ1v) is 7.40. The van der Waals surface area contributed by atoms with E-state index in [2.05, 4.69) is 10.6 Å². The Labute approximate surface area is 144 Å². The van der Waals surface area contributed by atoms with Gasteiger partial charge in [-0.3, -0.25) is 9.59 Å². The fraction of sp³-hybridized carbons (Fsp3) is 0.167. The molecule has 0 aliphatic rings. The molecule has 0 bridgehead atoms. The molecule has 2 amide bonds. The van der Waals surface area contributed by atoms with Gasteiger partial charge >= 0.3 is 5.97 Å². The molecule has 0 spiro atoms. The van der Waals surface area contributed by atoms with Crippen molar-refractivity contribution >= 4 is 29.2 Å². The van der Waals surface area contributed by atoms with Gasteiger partial charge in [-0.2, -0.15) is 0 Å². The molecule has 0 atom stereocenters. The monoisotopic (exact) mass is 342 g/mol. The molecular formula is C18H18N2O5. The molecule has 25 heavy (non-hydrogen) atoms. The summed E-state index contributed by atoms with van der Waals surface area (Å²) in [6.45, 7) is 1.37. The molecule has 0 saturated heterocycles. The van der Waals surface area contributed by atoms with Crippen molar-refractivity contribution in [3.8, 4) is 5.75 Å². The molecule has 0 aliphatic carbocycles. The lowest BCUT2D eigenvalue weighted by Gasteiger charge is -2.13. The van der Waals surface area contributed by atoms with Crippen molar-refractivity contribution in [2.45, 2.75) is 6.92 Å². The van der Waals surface area contributed by atoms with Crippen LogP contribution in [0, 0.1) is 0 Å². The van der Waals surface area contributed by atoms with Crippen LogP contribution in [0.3, 0.4) is 0 Å². The van der Waals surface area contributed by atoms with Gasteiger partial charge in [0.05, 0.1) is 31.0 Å². The summed E-state index contributed by atoms with van der Waals surface area (Å²) in [5.41, 5.74) is 1.22. The van der Waals surface area contributed by atoms with E-state index in [4.69, 9.17) is 9.47 Å². The maximum atomic E-state index is 12.6. The molecule has 0 aliphatic heterocycles. The van der Waals surface area contributed by atoms with Gasteiger partial charge < -0.3 is 20.1 Å². The first kappa shape index (κ1) is 18.0. The highest BCUT2D eigenvalue weighted by Crippen LogP contribution is 2.25. The molecule has 0 aromatic heterocycles. The van der Waals surface area contributed by atoms with Crippen LogP contribution in [0.1, 0.15) is 27.6 Å². The molecule has 2 aromatic rings. The SMILES string of the molecule is COC(=O)c1ccccc1NC(=O)c1cc(NC(C)=O)ccc1OC. The molecule has 130 valence electrons. The lowest BCUT2D eigenvalue weighted by Crippen LogP contribution is -2.17. The normalized spacial score (nSPS) is 9.88. The second-order valence-corrected chi connectivity index (χ2v) is 5.09. The van der Waals surface area contributed by atoms with Crippen molar-refractivity contribution in [3.63, 3.8) is 0 Å². The van der Waals surface area contributed by atoms with Crippen molar-refractivity contribution in [2.75, 3.05) is 24.9 Å². The van der Waals surface area contributed by atoms with Gasteiger partial charge in [-0.05, 0) is 30.3 Å². The third kappa shape index (κ3) is 4.35. The van der Waals surface area contributed by atoms with Gasteiger partial charge in [0.2, 0.25) is 5.91 Å². The van der Waals surface area contributed by atoms with Gasteiger partial charge in [0.1, 0.15) is 5.75 Å². The number of benzene rings is 2. The van der Waals surface area contributed by atoms with Crippen LogP contribution in [0.15, 0.2) is 42.5 Å². The van der Waals surface area contributed by atoms with Crippen LogP contribution in [0.4, 0.5) is 11.4 Å². The van der Waals surface area contributed by atoms with Crippen LogP contribution in [0.2, 0.25) is 0 Å². The van der Waals surface area contributed by atoms with Crippen molar-refractivity contribution < 1.29 is 23.9 Å². The highest BCUT2D eigenvalue weighted by atomic mass is 16.5. The minimum Gasteiger partial charge on any atom is -0.496 e. The van der Waals surface area contributed by atoms with Crippen LogP contribution < -0.4 is 15.4 Å². The summed E-state index contributed by atoms with van der Waals surface area (Å²) in [6, 6.07) is 11.2. The first-order chi connectivity index (χ1) is 12.0. The van der Waals surface area contributed by atoms with E-state index in [9.17, 15) is 14.4 Å². The number of esters is 1. The fourth-order valence-corrected chi connectivity index (χ4v) is 2.24. The maximum absolute atomic E-state index is 12.6. The summed E-state index contributed by atoms with van der Waals surface area (Å²) in [4.78, 5) is 35.6. The van der Waals surface area contributed by atoms with E-state index in [1.54, 1.807) is 36.4 Å². The Morgan fingerprint density at radius 1 is 0.920 bits per heavy atom. The van der Waals surface area contributed by atoms with Gasteiger partial charge in [0, 0.05) is 12.6 Å². The number of ether oxygens (including phenoxy) is 2. The Morgan fingerprint density at radius 3 is 2.28 bits per heavy atom. The average Bonchev–Trinajstić information content (AvgIpc) is 2.61. The van der Waals surface area contributed by atoms with Crippen molar-refractivity contribution in [1.29, 1.82) is 0 Å². The summed E-state index contributed by atoms with van der Waals surface area (Å²) < 4.78 is 9.91. The molecule has 2 rings (SSSR count). The predicted octanol–water partition coefficient (Wildman–Crippen LogP) is 2.69. The Kier molecular flexibility index (Phi) is 5.73. The molecule has 0 unspecified atom stereocenters. The standard InChI is InChI=1S/C18H18N2O5/c1-11(21)19-12-8-9-16(24-2)14(10-12)17(22)20-15-7-5-4-6-13(15)18(23)25-3/h4-10H,1-3H3,(H,19,21)(H,20,22). The predicted molar refractivity (Wildman–Crippen MR) is 93.0 cm³/mol. The van der Waals surface area contributed by atoms with Gasteiger partial charge in [-0.1, -0.05) is 12.1 Å². The molecule has 7 nitrogen and oxygen atoms in total. The maximum Gasteiger partial charge on any atom is 0.339 e. The van der Waals surface area contributed by atoms with Crippen LogP contribution >= 0.6 is 0 Å². The van der Waals surface area contributed by atoms with E-state index in [-0.39, 0.29) is 17.0 Å². The molecule has 0 saturated carbocycles. The molecule has 0 heterocycles. The smallest absolute Gasteiger partial charge is 0.339 e. The highest BCUT2D eigenvalue weighted by Gasteiger charge is 2.17. The third-order valence-electron chi connectivity index (χ3n) is 3.35. The van der Waals surface area contributed by atoms with Crippen LogP contribution in [0.5, 0.6) is 5.75 Å². The van der Waals surface area contributed by atoms with Crippen LogP contribution in [0.25, 0.3) is 0 Å². The van der Waals surface area contributed by atoms with Gasteiger partial charge in [-0.15, -0.1) is 0 Å². The zero-order valence-corrected chi connectivity index (χ0v) is 14.1. The Hall–Kier alpha value is -3.35. The van der Waals surface area contributed by atoms with E-state index < -0.39 is 11.9 Å². The number of hydrogen-bond donors (Lipinski definition) is 2. The molecule has 0 radical (unpaired) electrons. The first-order valence-electron chi connectivity index (χ1n) is 7.40. The summed E-state index contributed by atoms with van der Waals surface area (Å²) >= 11 is 0. The number of amides is 2. The lowest BCUT2D eigenvalue weighted by atomic mass is 10.1. The zero-order valence-electron chi connectivity index (χ0n) is 14.1. The van der Waals surface area contributed by atoms with E-state index in [1.165, 1.54) is 27.2 Å². The van der Waals surface area contributed by atoms with Gasteiger partial charge in [0.15, 0.2) is 0 Å². The third-order valence-corrected chi connectivity index (χ3v) is 3.35. The topological polar surface area (TPSA) is 93.7 Å².